The quantitative estimate of drug-likeness (QED) is 0.380. The maximum absolute atomic E-state index is 6.26. The van der Waals surface area contributed by atoms with Crippen molar-refractivity contribution in [2.24, 2.45) is 5.92 Å². The molecule has 0 aliphatic carbocycles. The lowest BCUT2D eigenvalue weighted by atomic mass is 9.90. The number of morpholine rings is 1. The number of pyridine rings is 1. The van der Waals surface area contributed by atoms with Crippen LogP contribution in [0.25, 0.3) is 20.4 Å². The molecule has 2 aliphatic heterocycles. The minimum atomic E-state index is -0.217. The molecule has 9 heteroatoms. The standard InChI is InChI=1S/C24H33N5O2S2/c1-14(2)6-7-25-20-19-18(26-23(27-20)32-5)17-15-12-24(3,4)31-13-16(15)21(28-22(17)33-19)29-8-10-30-11-9-29/h14H,6-13H2,1-5H3,(H,25,26,27). The van der Waals surface area contributed by atoms with Crippen molar-refractivity contribution in [2.45, 2.75) is 57.9 Å². The number of rotatable bonds is 6. The third kappa shape index (κ3) is 4.52. The molecule has 3 aromatic heterocycles. The van der Waals surface area contributed by atoms with Gasteiger partial charge in [-0.25, -0.2) is 15.0 Å². The fourth-order valence-electron chi connectivity index (χ4n) is 4.56. The smallest absolute Gasteiger partial charge is 0.189 e. The molecule has 0 bridgehead atoms. The Morgan fingerprint density at radius 1 is 1.15 bits per heavy atom. The Kier molecular flexibility index (Phi) is 6.41. The van der Waals surface area contributed by atoms with E-state index >= 15 is 0 Å². The Morgan fingerprint density at radius 3 is 2.67 bits per heavy atom. The molecule has 0 saturated carbocycles. The highest BCUT2D eigenvalue weighted by Crippen LogP contribution is 2.44. The van der Waals surface area contributed by atoms with Crippen molar-refractivity contribution in [3.05, 3.63) is 11.1 Å². The van der Waals surface area contributed by atoms with Crippen molar-refractivity contribution in [3.8, 4) is 0 Å². The molecule has 5 rings (SSSR count). The van der Waals surface area contributed by atoms with E-state index in [1.54, 1.807) is 23.1 Å². The van der Waals surface area contributed by atoms with Gasteiger partial charge in [0.25, 0.3) is 0 Å². The van der Waals surface area contributed by atoms with Gasteiger partial charge in [0, 0.05) is 37.0 Å². The number of anilines is 2. The van der Waals surface area contributed by atoms with Crippen molar-refractivity contribution in [3.63, 3.8) is 0 Å². The zero-order valence-corrected chi connectivity index (χ0v) is 21.8. The number of fused-ring (bicyclic) bond motifs is 5. The fraction of sp³-hybridized carbons (Fsp3) is 0.625. The number of thioether (sulfide) groups is 1. The molecule has 1 saturated heterocycles. The summed E-state index contributed by atoms with van der Waals surface area (Å²) < 4.78 is 13.0. The third-order valence-electron chi connectivity index (χ3n) is 6.35. The zero-order chi connectivity index (χ0) is 23.2. The Bertz CT molecular complexity index is 1170. The van der Waals surface area contributed by atoms with Crippen LogP contribution in [0.4, 0.5) is 11.6 Å². The molecule has 3 aromatic rings. The number of hydrogen-bond acceptors (Lipinski definition) is 9. The number of aromatic nitrogens is 3. The lowest BCUT2D eigenvalue weighted by Crippen LogP contribution is -2.39. The highest BCUT2D eigenvalue weighted by molar-refractivity contribution is 7.98. The lowest BCUT2D eigenvalue weighted by molar-refractivity contribution is -0.0396. The molecule has 1 fully saturated rings. The van der Waals surface area contributed by atoms with Crippen LogP contribution in [0, 0.1) is 5.92 Å². The molecule has 0 radical (unpaired) electrons. The van der Waals surface area contributed by atoms with E-state index in [-0.39, 0.29) is 5.60 Å². The Hall–Kier alpha value is -1.68. The van der Waals surface area contributed by atoms with Gasteiger partial charge < -0.3 is 19.7 Å². The molecule has 0 amide bonds. The van der Waals surface area contributed by atoms with E-state index < -0.39 is 0 Å². The summed E-state index contributed by atoms with van der Waals surface area (Å²) in [7, 11) is 0. The Balaban J connectivity index is 1.71. The van der Waals surface area contributed by atoms with Crippen LogP contribution in [-0.2, 0) is 22.5 Å². The molecule has 178 valence electrons. The summed E-state index contributed by atoms with van der Waals surface area (Å²) >= 11 is 3.30. The van der Waals surface area contributed by atoms with Gasteiger partial charge in [0.1, 0.15) is 16.5 Å². The van der Waals surface area contributed by atoms with Crippen molar-refractivity contribution in [1.29, 1.82) is 0 Å². The number of nitrogens with one attached hydrogen (secondary N) is 1. The second kappa shape index (κ2) is 9.17. The molecule has 5 heterocycles. The second-order valence-electron chi connectivity index (χ2n) is 9.85. The molecule has 0 unspecified atom stereocenters. The number of hydrogen-bond donors (Lipinski definition) is 1. The first-order chi connectivity index (χ1) is 15.9. The Morgan fingerprint density at radius 2 is 1.94 bits per heavy atom. The van der Waals surface area contributed by atoms with Crippen LogP contribution in [0.2, 0.25) is 0 Å². The number of ether oxygens (including phenoxy) is 2. The normalized spacial score (nSPS) is 18.3. The maximum atomic E-state index is 6.26. The van der Waals surface area contributed by atoms with Crippen LogP contribution in [0.15, 0.2) is 5.16 Å². The van der Waals surface area contributed by atoms with Gasteiger partial charge in [-0.2, -0.15) is 0 Å². The molecular formula is C24H33N5O2S2. The van der Waals surface area contributed by atoms with Gasteiger partial charge in [0.2, 0.25) is 0 Å². The summed E-state index contributed by atoms with van der Waals surface area (Å²) in [6.07, 6.45) is 3.99. The van der Waals surface area contributed by atoms with E-state index in [1.165, 1.54) is 16.5 Å². The zero-order valence-electron chi connectivity index (χ0n) is 20.2. The summed E-state index contributed by atoms with van der Waals surface area (Å²) in [5, 5.41) is 5.58. The van der Waals surface area contributed by atoms with E-state index in [4.69, 9.17) is 24.4 Å². The topological polar surface area (TPSA) is 72.4 Å². The molecular weight excluding hydrogens is 454 g/mol. The predicted molar refractivity (Wildman–Crippen MR) is 138 cm³/mol. The first kappa shape index (κ1) is 23.1. The molecule has 0 atom stereocenters. The van der Waals surface area contributed by atoms with Crippen LogP contribution in [-0.4, -0.2) is 59.7 Å². The minimum Gasteiger partial charge on any atom is -0.378 e. The van der Waals surface area contributed by atoms with Crippen molar-refractivity contribution >= 4 is 55.2 Å². The first-order valence-corrected chi connectivity index (χ1v) is 13.8. The molecule has 0 spiro atoms. The van der Waals surface area contributed by atoms with Gasteiger partial charge >= 0.3 is 0 Å². The average Bonchev–Trinajstić information content (AvgIpc) is 3.17. The van der Waals surface area contributed by atoms with Gasteiger partial charge in [-0.15, -0.1) is 11.3 Å². The van der Waals surface area contributed by atoms with E-state index in [0.29, 0.717) is 12.5 Å². The van der Waals surface area contributed by atoms with Crippen LogP contribution in [0.5, 0.6) is 0 Å². The van der Waals surface area contributed by atoms with E-state index in [2.05, 4.69) is 37.9 Å². The lowest BCUT2D eigenvalue weighted by Gasteiger charge is -2.36. The predicted octanol–water partition coefficient (Wildman–Crippen LogP) is 5.11. The number of nitrogens with zero attached hydrogens (tertiary/aromatic N) is 4. The molecule has 0 aromatic carbocycles. The summed E-state index contributed by atoms with van der Waals surface area (Å²) in [5.41, 5.74) is 3.35. The first-order valence-electron chi connectivity index (χ1n) is 11.8. The minimum absolute atomic E-state index is 0.217. The van der Waals surface area contributed by atoms with Gasteiger partial charge in [-0.1, -0.05) is 25.6 Å². The summed E-state index contributed by atoms with van der Waals surface area (Å²) in [5.74, 6) is 2.63. The van der Waals surface area contributed by atoms with E-state index in [9.17, 15) is 0 Å². The van der Waals surface area contributed by atoms with Gasteiger partial charge in [0.15, 0.2) is 5.16 Å². The SMILES string of the molecule is CSc1nc(NCCC(C)C)c2sc3nc(N4CCOCC4)c4c(c3c2n1)CC(C)(C)OC4. The molecule has 7 nitrogen and oxygen atoms in total. The summed E-state index contributed by atoms with van der Waals surface area (Å²) in [6, 6.07) is 0. The van der Waals surface area contributed by atoms with Gasteiger partial charge in [-0.3, -0.25) is 0 Å². The van der Waals surface area contributed by atoms with Crippen molar-refractivity contribution < 1.29 is 9.47 Å². The highest BCUT2D eigenvalue weighted by atomic mass is 32.2. The van der Waals surface area contributed by atoms with Crippen LogP contribution in [0.3, 0.4) is 0 Å². The van der Waals surface area contributed by atoms with Crippen LogP contribution < -0.4 is 10.2 Å². The fourth-order valence-corrected chi connectivity index (χ4v) is 6.03. The molecule has 2 aliphatic rings. The summed E-state index contributed by atoms with van der Waals surface area (Å²) in [6.45, 7) is 13.5. The van der Waals surface area contributed by atoms with E-state index in [0.717, 1.165) is 77.5 Å². The van der Waals surface area contributed by atoms with Crippen LogP contribution >= 0.6 is 23.1 Å². The average molecular weight is 488 g/mol. The Labute approximate surface area is 203 Å². The third-order valence-corrected chi connectivity index (χ3v) is 7.98. The highest BCUT2D eigenvalue weighted by Gasteiger charge is 2.33. The monoisotopic (exact) mass is 487 g/mol. The van der Waals surface area contributed by atoms with Gasteiger partial charge in [0.05, 0.1) is 35.6 Å². The maximum Gasteiger partial charge on any atom is 0.189 e. The summed E-state index contributed by atoms with van der Waals surface area (Å²) in [4.78, 5) is 18.4. The van der Waals surface area contributed by atoms with Gasteiger partial charge in [-0.05, 0) is 38.0 Å². The largest absolute Gasteiger partial charge is 0.378 e. The van der Waals surface area contributed by atoms with Crippen molar-refractivity contribution in [2.75, 3.05) is 49.3 Å². The second-order valence-corrected chi connectivity index (χ2v) is 11.6. The van der Waals surface area contributed by atoms with E-state index in [1.807, 2.05) is 6.26 Å². The van der Waals surface area contributed by atoms with Crippen LogP contribution in [0.1, 0.15) is 45.2 Å². The molecule has 33 heavy (non-hydrogen) atoms. The molecule has 1 N–H and O–H groups in total. The van der Waals surface area contributed by atoms with Crippen molar-refractivity contribution in [1.82, 2.24) is 15.0 Å². The number of thiophene rings is 1.